The van der Waals surface area contributed by atoms with Crippen molar-refractivity contribution in [2.24, 2.45) is 11.7 Å². The normalized spacial score (nSPS) is 19.7. The van der Waals surface area contributed by atoms with Crippen LogP contribution in [-0.2, 0) is 25.6 Å². The first-order valence-corrected chi connectivity index (χ1v) is 23.1. The summed E-state index contributed by atoms with van der Waals surface area (Å²) in [4.78, 5) is 75.9. The Hall–Kier alpha value is -5.09. The molecule has 0 spiro atoms. The number of amides is 3. The molecule has 0 bridgehead atoms. The molecule has 4 saturated heterocycles. The van der Waals surface area contributed by atoms with Crippen molar-refractivity contribution in [2.45, 2.75) is 69.2 Å². The van der Waals surface area contributed by atoms with Crippen molar-refractivity contribution in [3.05, 3.63) is 84.0 Å². The standard InChI is InChI=1S/C47H61ClN10O5/c1-2-41(60)57-29-30-58(43(62)32-57)44-12-9-38(63-44)8-11-42(61)55-21-14-34(15-22-55)31-54-27-25-53(26-28-54)20-16-36(35-3-6-37(48)7-4-35)5-10-40(59)47(49)17-23-56(24-18-47)46-39-13-19-50-45(39)51-33-52-46/h2-4,6-7,9,12-13,19,33-34,36H,1,5,8,10-11,14-18,20-32,49H2,(H,50,51,52)/t36-/m0/s1. The van der Waals surface area contributed by atoms with Crippen LogP contribution in [0.25, 0.3) is 11.0 Å². The molecule has 4 aromatic rings. The van der Waals surface area contributed by atoms with Gasteiger partial charge < -0.3 is 39.6 Å². The number of carbonyl (C=O) groups is 4. The van der Waals surface area contributed by atoms with Gasteiger partial charge in [-0.3, -0.25) is 24.1 Å². The van der Waals surface area contributed by atoms with E-state index in [0.29, 0.717) is 80.9 Å². The van der Waals surface area contributed by atoms with Crippen LogP contribution in [0.1, 0.15) is 68.6 Å². The number of ketones is 1. The number of Topliss-reactive ketones (excluding diaryl/α,β-unsaturated/α-hetero) is 1. The van der Waals surface area contributed by atoms with Crippen molar-refractivity contribution in [3.8, 4) is 0 Å². The van der Waals surface area contributed by atoms with E-state index in [-0.39, 0.29) is 36.0 Å². The first-order chi connectivity index (χ1) is 30.5. The number of aromatic nitrogens is 3. The molecule has 336 valence electrons. The SMILES string of the molecule is C=CC(=O)N1CCN(c2ccc(CCC(=O)N3CCC(CN4CCN(CC[C@H](CCC(=O)C5(N)CCN(c6ncnc7[nH]ccc67)CC5)c5ccc(Cl)cc5)CC4)CC3)o2)C(=O)C1. The number of carbonyl (C=O) groups excluding carboxylic acids is 4. The molecule has 1 atom stereocenters. The number of H-pyrrole nitrogens is 1. The van der Waals surface area contributed by atoms with Gasteiger partial charge in [-0.1, -0.05) is 30.3 Å². The van der Waals surface area contributed by atoms with E-state index in [1.165, 1.54) is 16.5 Å². The summed E-state index contributed by atoms with van der Waals surface area (Å²) in [6.45, 7) is 13.3. The Balaban J connectivity index is 0.737. The lowest BCUT2D eigenvalue weighted by molar-refractivity contribution is -0.133. The number of halogens is 1. The van der Waals surface area contributed by atoms with Crippen molar-refractivity contribution in [3.63, 3.8) is 0 Å². The molecule has 4 aliphatic rings. The molecule has 0 saturated carbocycles. The summed E-state index contributed by atoms with van der Waals surface area (Å²) in [6.07, 6.45) is 10.9. The van der Waals surface area contributed by atoms with E-state index < -0.39 is 5.54 Å². The molecule has 1 aromatic carbocycles. The largest absolute Gasteiger partial charge is 0.445 e. The van der Waals surface area contributed by atoms with Crippen LogP contribution in [0.15, 0.2) is 72.1 Å². The highest BCUT2D eigenvalue weighted by atomic mass is 35.5. The number of piperazine rings is 2. The predicted molar refractivity (Wildman–Crippen MR) is 244 cm³/mol. The lowest BCUT2D eigenvalue weighted by atomic mass is 9.80. The van der Waals surface area contributed by atoms with Crippen LogP contribution in [0.4, 0.5) is 11.7 Å². The number of benzene rings is 1. The van der Waals surface area contributed by atoms with Gasteiger partial charge in [0.05, 0.1) is 10.9 Å². The topological polar surface area (TPSA) is 168 Å². The van der Waals surface area contributed by atoms with Gasteiger partial charge in [-0.05, 0) is 92.8 Å². The molecular weight excluding hydrogens is 820 g/mol. The van der Waals surface area contributed by atoms with Gasteiger partial charge in [0.2, 0.25) is 23.6 Å². The minimum absolute atomic E-state index is 0.00757. The Kier molecular flexibility index (Phi) is 14.3. The van der Waals surface area contributed by atoms with Crippen molar-refractivity contribution in [1.82, 2.24) is 34.6 Å². The van der Waals surface area contributed by atoms with Crippen LogP contribution < -0.4 is 15.5 Å². The second kappa shape index (κ2) is 20.2. The number of aryl methyl sites for hydroxylation is 1. The first-order valence-electron chi connectivity index (χ1n) is 22.7. The molecule has 8 rings (SSSR count). The number of fused-ring (bicyclic) bond motifs is 1. The Bertz CT molecular complexity index is 2220. The number of anilines is 2. The molecule has 0 radical (unpaired) electrons. The summed E-state index contributed by atoms with van der Waals surface area (Å²) in [6, 6.07) is 13.7. The van der Waals surface area contributed by atoms with E-state index in [4.69, 9.17) is 21.8 Å². The van der Waals surface area contributed by atoms with E-state index in [0.717, 1.165) is 94.9 Å². The maximum Gasteiger partial charge on any atom is 0.248 e. The molecule has 16 heteroatoms. The molecule has 4 aliphatic heterocycles. The average molecular weight is 882 g/mol. The molecule has 4 fully saturated rings. The average Bonchev–Trinajstić information content (AvgIpc) is 4.00. The van der Waals surface area contributed by atoms with E-state index in [2.05, 4.69) is 48.4 Å². The Labute approximate surface area is 374 Å². The Morgan fingerprint density at radius 1 is 0.889 bits per heavy atom. The van der Waals surface area contributed by atoms with E-state index in [1.807, 2.05) is 35.4 Å². The number of rotatable bonds is 16. The quantitative estimate of drug-likeness (QED) is 0.147. The lowest BCUT2D eigenvalue weighted by Crippen LogP contribution is -2.56. The molecule has 3 amide bonds. The Morgan fingerprint density at radius 2 is 1.63 bits per heavy atom. The number of likely N-dealkylation sites (tertiary alicyclic amines) is 1. The third-order valence-electron chi connectivity index (χ3n) is 13.9. The maximum atomic E-state index is 13.8. The maximum absolute atomic E-state index is 13.8. The van der Waals surface area contributed by atoms with Crippen molar-refractivity contribution in [2.75, 3.05) is 94.9 Å². The number of furan rings is 1. The Morgan fingerprint density at radius 3 is 2.37 bits per heavy atom. The van der Waals surface area contributed by atoms with Crippen molar-refractivity contribution < 1.29 is 23.6 Å². The molecule has 0 aliphatic carbocycles. The van der Waals surface area contributed by atoms with Gasteiger partial charge in [0.25, 0.3) is 0 Å². The van der Waals surface area contributed by atoms with Crippen LogP contribution in [0.3, 0.4) is 0 Å². The fourth-order valence-electron chi connectivity index (χ4n) is 9.80. The molecule has 0 unspecified atom stereocenters. The number of hydrogen-bond acceptors (Lipinski definition) is 11. The highest BCUT2D eigenvalue weighted by Gasteiger charge is 2.38. The third kappa shape index (κ3) is 10.8. The smallest absolute Gasteiger partial charge is 0.248 e. The summed E-state index contributed by atoms with van der Waals surface area (Å²) in [5.41, 5.74) is 8.04. The lowest BCUT2D eigenvalue weighted by Gasteiger charge is -2.39. The highest BCUT2D eigenvalue weighted by molar-refractivity contribution is 6.30. The summed E-state index contributed by atoms with van der Waals surface area (Å²) < 4.78 is 5.95. The van der Waals surface area contributed by atoms with Crippen molar-refractivity contribution in [1.29, 1.82) is 0 Å². The number of nitrogens with zero attached hydrogens (tertiary/aromatic N) is 8. The molecule has 15 nitrogen and oxygen atoms in total. The van der Waals surface area contributed by atoms with E-state index in [1.54, 1.807) is 17.3 Å². The van der Waals surface area contributed by atoms with Crippen molar-refractivity contribution >= 4 is 57.8 Å². The molecular formula is C47H61ClN10O5. The third-order valence-corrected chi connectivity index (χ3v) is 14.1. The second-order valence-corrected chi connectivity index (χ2v) is 18.2. The van der Waals surface area contributed by atoms with Crippen LogP contribution >= 0.6 is 11.6 Å². The van der Waals surface area contributed by atoms with E-state index in [9.17, 15) is 19.2 Å². The molecule has 3 aromatic heterocycles. The van der Waals surface area contributed by atoms with Gasteiger partial charge in [0.15, 0.2) is 5.78 Å². The number of nitrogens with two attached hydrogens (primary N) is 1. The van der Waals surface area contributed by atoms with Gasteiger partial charge in [-0.25, -0.2) is 9.97 Å². The minimum Gasteiger partial charge on any atom is -0.445 e. The number of hydrogen-bond donors (Lipinski definition) is 2. The highest BCUT2D eigenvalue weighted by Crippen LogP contribution is 2.33. The predicted octanol–water partition coefficient (Wildman–Crippen LogP) is 4.88. The van der Waals surface area contributed by atoms with Crippen LogP contribution in [0.5, 0.6) is 0 Å². The second-order valence-electron chi connectivity index (χ2n) is 17.8. The zero-order valence-corrected chi connectivity index (χ0v) is 37.0. The first kappa shape index (κ1) is 44.5. The van der Waals surface area contributed by atoms with Crippen LogP contribution in [0.2, 0.25) is 5.02 Å². The summed E-state index contributed by atoms with van der Waals surface area (Å²) >= 11 is 6.28. The van der Waals surface area contributed by atoms with Crippen LogP contribution in [-0.4, -0.2) is 149 Å². The molecule has 7 heterocycles. The van der Waals surface area contributed by atoms with Gasteiger partial charge in [0, 0.05) is 109 Å². The molecule has 3 N–H and O–H groups in total. The van der Waals surface area contributed by atoms with Crippen LogP contribution in [0, 0.1) is 5.92 Å². The summed E-state index contributed by atoms with van der Waals surface area (Å²) in [5.74, 6) is 2.63. The fraction of sp³-hybridized carbons (Fsp3) is 0.532. The van der Waals surface area contributed by atoms with E-state index >= 15 is 0 Å². The van der Waals surface area contributed by atoms with Gasteiger partial charge in [0.1, 0.15) is 30.1 Å². The molecule has 63 heavy (non-hydrogen) atoms. The number of aromatic amines is 1. The minimum atomic E-state index is -0.835. The number of nitrogens with one attached hydrogen (secondary N) is 1. The zero-order valence-electron chi connectivity index (χ0n) is 36.3. The zero-order chi connectivity index (χ0) is 43.9. The van der Waals surface area contributed by atoms with Gasteiger partial charge in [-0.2, -0.15) is 0 Å². The summed E-state index contributed by atoms with van der Waals surface area (Å²) in [7, 11) is 0. The fourth-order valence-corrected chi connectivity index (χ4v) is 9.92. The van der Waals surface area contributed by atoms with Gasteiger partial charge >= 0.3 is 0 Å². The van der Waals surface area contributed by atoms with Gasteiger partial charge in [-0.15, -0.1) is 0 Å². The number of piperidine rings is 2. The monoisotopic (exact) mass is 880 g/mol. The summed E-state index contributed by atoms with van der Waals surface area (Å²) in [5, 5.41) is 1.69.